The Morgan fingerprint density at radius 2 is 2.09 bits per heavy atom. The van der Waals surface area contributed by atoms with Crippen LogP contribution in [0, 0.1) is 25.2 Å². The molecule has 0 atom stereocenters. The third kappa shape index (κ3) is 5.11. The Bertz CT molecular complexity index is 726. The number of amides is 1. The number of aryl methyl sites for hydroxylation is 1. The van der Waals surface area contributed by atoms with Gasteiger partial charge in [-0.3, -0.25) is 9.59 Å². The Balaban J connectivity index is 2.64. The second kappa shape index (κ2) is 8.54. The molecule has 1 aromatic rings. The third-order valence-electron chi connectivity index (χ3n) is 3.39. The molecule has 0 spiro atoms. The molecule has 0 fully saturated rings. The second-order valence-electron chi connectivity index (χ2n) is 4.90. The van der Waals surface area contributed by atoms with Gasteiger partial charge in [-0.05, 0) is 31.4 Å². The molecule has 0 saturated carbocycles. The van der Waals surface area contributed by atoms with Crippen molar-refractivity contribution in [1.29, 1.82) is 5.26 Å². The van der Waals surface area contributed by atoms with Crippen molar-refractivity contribution in [2.75, 3.05) is 13.7 Å². The van der Waals surface area contributed by atoms with Crippen molar-refractivity contribution in [2.45, 2.75) is 26.7 Å². The van der Waals surface area contributed by atoms with E-state index < -0.39 is 11.5 Å². The quantitative estimate of drug-likeness (QED) is 0.590. The Labute approximate surface area is 134 Å². The van der Waals surface area contributed by atoms with Crippen LogP contribution in [0.5, 0.6) is 0 Å². The van der Waals surface area contributed by atoms with Crippen molar-refractivity contribution in [2.24, 2.45) is 0 Å². The number of aromatic amines is 1. The predicted octanol–water partition coefficient (Wildman–Crippen LogP) is 0.641. The van der Waals surface area contributed by atoms with Crippen LogP contribution in [0.3, 0.4) is 0 Å². The maximum absolute atomic E-state index is 11.8. The summed E-state index contributed by atoms with van der Waals surface area (Å²) in [6.07, 6.45) is 3.35. The summed E-state index contributed by atoms with van der Waals surface area (Å²) in [7, 11) is 1.27. The smallest absolute Gasteiger partial charge is 0.330 e. The number of carbonyl (C=O) groups is 2. The number of hydrogen-bond donors (Lipinski definition) is 2. The highest BCUT2D eigenvalue weighted by Gasteiger charge is 2.13. The van der Waals surface area contributed by atoms with Crippen molar-refractivity contribution in [1.82, 2.24) is 10.3 Å². The van der Waals surface area contributed by atoms with Crippen molar-refractivity contribution in [3.05, 3.63) is 44.9 Å². The van der Waals surface area contributed by atoms with Gasteiger partial charge in [-0.15, -0.1) is 0 Å². The normalized spacial score (nSPS) is 10.3. The zero-order valence-corrected chi connectivity index (χ0v) is 13.4. The Morgan fingerprint density at radius 3 is 2.70 bits per heavy atom. The molecule has 0 aliphatic heterocycles. The number of methoxy groups -OCH3 is 1. The molecule has 1 heterocycles. The first kappa shape index (κ1) is 18.2. The molecule has 7 heteroatoms. The molecular weight excluding hydrogens is 298 g/mol. The summed E-state index contributed by atoms with van der Waals surface area (Å²) in [4.78, 5) is 36.9. The van der Waals surface area contributed by atoms with Crippen LogP contribution < -0.4 is 10.9 Å². The van der Waals surface area contributed by atoms with E-state index in [4.69, 9.17) is 5.26 Å². The Morgan fingerprint density at radius 1 is 1.39 bits per heavy atom. The van der Waals surface area contributed by atoms with Gasteiger partial charge in [0, 0.05) is 24.7 Å². The van der Waals surface area contributed by atoms with Gasteiger partial charge < -0.3 is 15.0 Å². The van der Waals surface area contributed by atoms with Crippen molar-refractivity contribution in [3.63, 3.8) is 0 Å². The van der Waals surface area contributed by atoms with E-state index in [-0.39, 0.29) is 24.4 Å². The van der Waals surface area contributed by atoms with E-state index in [1.807, 2.05) is 6.07 Å². The SMILES string of the molecule is COC(=O)/C=C/CNC(=O)CCc1c(C)[nH]c(=O)c(C#N)c1C. The van der Waals surface area contributed by atoms with Gasteiger partial charge in [0.15, 0.2) is 0 Å². The molecule has 1 amide bonds. The lowest BCUT2D eigenvalue weighted by molar-refractivity contribution is -0.134. The summed E-state index contributed by atoms with van der Waals surface area (Å²) in [6.45, 7) is 3.66. The number of esters is 1. The minimum atomic E-state index is -0.484. The maximum Gasteiger partial charge on any atom is 0.330 e. The lowest BCUT2D eigenvalue weighted by Gasteiger charge is -2.10. The molecule has 1 rings (SSSR count). The molecule has 122 valence electrons. The van der Waals surface area contributed by atoms with Gasteiger partial charge >= 0.3 is 5.97 Å². The van der Waals surface area contributed by atoms with Crippen molar-refractivity contribution >= 4 is 11.9 Å². The zero-order chi connectivity index (χ0) is 17.4. The molecule has 0 bridgehead atoms. The van der Waals surface area contributed by atoms with E-state index in [2.05, 4.69) is 15.0 Å². The van der Waals surface area contributed by atoms with Crippen molar-refractivity contribution < 1.29 is 14.3 Å². The number of rotatable bonds is 6. The van der Waals surface area contributed by atoms with Gasteiger partial charge in [0.25, 0.3) is 5.56 Å². The van der Waals surface area contributed by atoms with Gasteiger partial charge in [-0.2, -0.15) is 5.26 Å². The molecule has 1 aromatic heterocycles. The van der Waals surface area contributed by atoms with Crippen LogP contribution in [0.2, 0.25) is 0 Å². The summed E-state index contributed by atoms with van der Waals surface area (Å²) >= 11 is 0. The summed E-state index contributed by atoms with van der Waals surface area (Å²) in [5.74, 6) is -0.675. The van der Waals surface area contributed by atoms with Crippen LogP contribution in [0.15, 0.2) is 16.9 Å². The fraction of sp³-hybridized carbons (Fsp3) is 0.375. The molecule has 0 radical (unpaired) electrons. The molecular formula is C16H19N3O4. The number of nitrogens with zero attached hydrogens (tertiary/aromatic N) is 1. The number of aromatic nitrogens is 1. The largest absolute Gasteiger partial charge is 0.466 e. The van der Waals surface area contributed by atoms with E-state index in [0.29, 0.717) is 17.7 Å². The summed E-state index contributed by atoms with van der Waals surface area (Å²) in [5.41, 5.74) is 1.72. The highest BCUT2D eigenvalue weighted by molar-refractivity contribution is 5.82. The molecule has 0 saturated heterocycles. The first-order valence-electron chi connectivity index (χ1n) is 7.04. The second-order valence-corrected chi connectivity index (χ2v) is 4.90. The molecule has 0 aliphatic rings. The first-order chi connectivity index (χ1) is 10.9. The Kier molecular flexibility index (Phi) is 6.74. The molecule has 0 unspecified atom stereocenters. The summed E-state index contributed by atoms with van der Waals surface area (Å²) in [6, 6.07) is 1.88. The first-order valence-corrected chi connectivity index (χ1v) is 7.04. The van der Waals surface area contributed by atoms with E-state index in [0.717, 1.165) is 5.56 Å². The summed E-state index contributed by atoms with van der Waals surface area (Å²) < 4.78 is 4.43. The van der Waals surface area contributed by atoms with E-state index in [9.17, 15) is 14.4 Å². The van der Waals surface area contributed by atoms with Crippen LogP contribution >= 0.6 is 0 Å². The van der Waals surface area contributed by atoms with E-state index in [1.165, 1.54) is 19.3 Å². The monoisotopic (exact) mass is 317 g/mol. The minimum Gasteiger partial charge on any atom is -0.466 e. The number of carbonyl (C=O) groups excluding carboxylic acids is 2. The molecule has 23 heavy (non-hydrogen) atoms. The average Bonchev–Trinajstić information content (AvgIpc) is 2.51. The third-order valence-corrected chi connectivity index (χ3v) is 3.39. The molecule has 7 nitrogen and oxygen atoms in total. The number of H-pyrrole nitrogens is 1. The van der Waals surface area contributed by atoms with Crippen molar-refractivity contribution in [3.8, 4) is 6.07 Å². The predicted molar refractivity (Wildman–Crippen MR) is 83.7 cm³/mol. The highest BCUT2D eigenvalue weighted by atomic mass is 16.5. The number of ether oxygens (including phenoxy) is 1. The fourth-order valence-corrected chi connectivity index (χ4v) is 2.14. The number of nitriles is 1. The average molecular weight is 317 g/mol. The molecule has 0 aliphatic carbocycles. The van der Waals surface area contributed by atoms with E-state index in [1.54, 1.807) is 13.8 Å². The Hall–Kier alpha value is -2.88. The van der Waals surface area contributed by atoms with Gasteiger partial charge in [0.1, 0.15) is 11.6 Å². The minimum absolute atomic E-state index is 0.0759. The van der Waals surface area contributed by atoms with Gasteiger partial charge in [0.05, 0.1) is 7.11 Å². The van der Waals surface area contributed by atoms with Crippen LogP contribution in [0.1, 0.15) is 28.8 Å². The van der Waals surface area contributed by atoms with Gasteiger partial charge in [0.2, 0.25) is 5.91 Å². The number of hydrogen-bond acceptors (Lipinski definition) is 5. The van der Waals surface area contributed by atoms with Gasteiger partial charge in [-0.1, -0.05) is 6.08 Å². The van der Waals surface area contributed by atoms with E-state index >= 15 is 0 Å². The van der Waals surface area contributed by atoms with Crippen LogP contribution in [-0.2, 0) is 20.7 Å². The van der Waals surface area contributed by atoms with Crippen LogP contribution in [-0.4, -0.2) is 30.5 Å². The molecule has 2 N–H and O–H groups in total. The molecule has 0 aromatic carbocycles. The van der Waals surface area contributed by atoms with Crippen LogP contribution in [0.4, 0.5) is 0 Å². The number of nitrogens with one attached hydrogen (secondary N) is 2. The summed E-state index contributed by atoms with van der Waals surface area (Å²) in [5, 5.41) is 11.6. The standard InChI is InChI=1S/C16H19N3O4/c1-10-12(11(2)19-16(22)13(10)9-17)6-7-14(20)18-8-4-5-15(21)23-3/h4-5H,6-8H2,1-3H3,(H,18,20)(H,19,22)/b5-4+. The number of pyridine rings is 1. The topological polar surface area (TPSA) is 112 Å². The highest BCUT2D eigenvalue weighted by Crippen LogP contribution is 2.14. The lowest BCUT2D eigenvalue weighted by Crippen LogP contribution is -2.24. The van der Waals surface area contributed by atoms with Gasteiger partial charge in [-0.25, -0.2) is 4.79 Å². The fourth-order valence-electron chi connectivity index (χ4n) is 2.14. The van der Waals surface area contributed by atoms with Crippen LogP contribution in [0.25, 0.3) is 0 Å². The lowest BCUT2D eigenvalue weighted by atomic mass is 9.99. The zero-order valence-electron chi connectivity index (χ0n) is 13.4. The maximum atomic E-state index is 11.8.